The fraction of sp³-hybridized carbons (Fsp3) is 0.385. The number of rotatable bonds is 7. The molecule has 0 spiro atoms. The summed E-state index contributed by atoms with van der Waals surface area (Å²) < 4.78 is 10.8. The molecular weight excluding hydrogens is 430 g/mol. The second kappa shape index (κ2) is 10.8. The molecule has 0 unspecified atom stereocenters. The Bertz CT molecular complexity index is 1110. The lowest BCUT2D eigenvalue weighted by atomic mass is 10.1. The number of pyridine rings is 1. The van der Waals surface area contributed by atoms with Crippen molar-refractivity contribution in [3.63, 3.8) is 0 Å². The van der Waals surface area contributed by atoms with Crippen LogP contribution in [0.3, 0.4) is 0 Å². The van der Waals surface area contributed by atoms with Gasteiger partial charge in [-0.15, -0.1) is 0 Å². The summed E-state index contributed by atoms with van der Waals surface area (Å²) in [6, 6.07) is 17.9. The van der Waals surface area contributed by atoms with Crippen LogP contribution in [0, 0.1) is 0 Å². The Morgan fingerprint density at radius 1 is 0.912 bits per heavy atom. The predicted molar refractivity (Wildman–Crippen MR) is 134 cm³/mol. The molecule has 2 N–H and O–H groups in total. The van der Waals surface area contributed by atoms with Gasteiger partial charge in [-0.25, -0.2) is 4.98 Å². The first-order valence-electron chi connectivity index (χ1n) is 11.9. The van der Waals surface area contributed by atoms with Gasteiger partial charge in [-0.05, 0) is 36.4 Å². The number of aromatic nitrogens is 1. The zero-order chi connectivity index (χ0) is 23.2. The van der Waals surface area contributed by atoms with Crippen molar-refractivity contribution in [2.75, 3.05) is 75.9 Å². The van der Waals surface area contributed by atoms with Crippen molar-refractivity contribution in [2.45, 2.75) is 0 Å². The number of benzene rings is 2. The molecule has 2 aromatic carbocycles. The number of ether oxygens (including phenoxy) is 2. The molecule has 178 valence electrons. The first kappa shape index (κ1) is 22.6. The molecule has 2 aliphatic rings. The summed E-state index contributed by atoms with van der Waals surface area (Å²) in [4.78, 5) is 22.5. The molecule has 3 heterocycles. The van der Waals surface area contributed by atoms with Gasteiger partial charge in [-0.2, -0.15) is 0 Å². The summed E-state index contributed by atoms with van der Waals surface area (Å²) in [6.07, 6.45) is 0. The zero-order valence-electron chi connectivity index (χ0n) is 19.3. The highest BCUT2D eigenvalue weighted by molar-refractivity contribution is 6.07. The Hall–Kier alpha value is -3.20. The minimum absolute atomic E-state index is 0.0856. The second-order valence-corrected chi connectivity index (χ2v) is 8.55. The average Bonchev–Trinajstić information content (AvgIpc) is 2.90. The molecule has 0 saturated carbocycles. The lowest BCUT2D eigenvalue weighted by Gasteiger charge is -2.28. The highest BCUT2D eigenvalue weighted by Gasteiger charge is 2.15. The average molecular weight is 462 g/mol. The van der Waals surface area contributed by atoms with Gasteiger partial charge in [0.2, 0.25) is 0 Å². The molecule has 2 saturated heterocycles. The van der Waals surface area contributed by atoms with Crippen molar-refractivity contribution in [3.05, 3.63) is 60.2 Å². The van der Waals surface area contributed by atoms with Crippen LogP contribution in [0.1, 0.15) is 10.4 Å². The van der Waals surface area contributed by atoms with Crippen LogP contribution >= 0.6 is 0 Å². The van der Waals surface area contributed by atoms with Crippen molar-refractivity contribution < 1.29 is 14.3 Å². The van der Waals surface area contributed by atoms with E-state index in [-0.39, 0.29) is 5.91 Å². The second-order valence-electron chi connectivity index (χ2n) is 8.55. The van der Waals surface area contributed by atoms with E-state index < -0.39 is 0 Å². The molecule has 34 heavy (non-hydrogen) atoms. The number of amides is 1. The van der Waals surface area contributed by atoms with Gasteiger partial charge < -0.3 is 25.0 Å². The van der Waals surface area contributed by atoms with Crippen LogP contribution in [-0.2, 0) is 9.47 Å². The van der Waals surface area contributed by atoms with Crippen LogP contribution in [0.5, 0.6) is 0 Å². The Morgan fingerprint density at radius 3 is 2.38 bits per heavy atom. The maximum Gasteiger partial charge on any atom is 0.252 e. The van der Waals surface area contributed by atoms with E-state index in [1.807, 2.05) is 42.5 Å². The van der Waals surface area contributed by atoms with E-state index >= 15 is 0 Å². The van der Waals surface area contributed by atoms with Gasteiger partial charge in [-0.1, -0.05) is 18.2 Å². The smallest absolute Gasteiger partial charge is 0.252 e. The number of hydrogen-bond acceptors (Lipinski definition) is 7. The molecule has 0 atom stereocenters. The van der Waals surface area contributed by atoms with Crippen molar-refractivity contribution in [1.29, 1.82) is 0 Å². The largest absolute Gasteiger partial charge is 0.379 e. The van der Waals surface area contributed by atoms with Crippen LogP contribution in [0.15, 0.2) is 54.6 Å². The monoisotopic (exact) mass is 461 g/mol. The van der Waals surface area contributed by atoms with Gasteiger partial charge in [0.1, 0.15) is 5.82 Å². The summed E-state index contributed by atoms with van der Waals surface area (Å²) in [5.41, 5.74) is 3.52. The van der Waals surface area contributed by atoms with Crippen LogP contribution in [0.4, 0.5) is 17.2 Å². The van der Waals surface area contributed by atoms with Crippen LogP contribution in [0.2, 0.25) is 0 Å². The number of fused-ring (bicyclic) bond motifs is 1. The van der Waals surface area contributed by atoms with Crippen LogP contribution in [-0.4, -0.2) is 81.5 Å². The van der Waals surface area contributed by atoms with Gasteiger partial charge in [0, 0.05) is 56.0 Å². The van der Waals surface area contributed by atoms with Gasteiger partial charge >= 0.3 is 0 Å². The van der Waals surface area contributed by atoms with E-state index in [9.17, 15) is 4.79 Å². The number of carbonyl (C=O) groups is 1. The van der Waals surface area contributed by atoms with E-state index in [4.69, 9.17) is 14.5 Å². The molecule has 8 heteroatoms. The summed E-state index contributed by atoms with van der Waals surface area (Å²) in [7, 11) is 0. The number of carbonyl (C=O) groups excluding carboxylic acids is 1. The minimum atomic E-state index is -0.0856. The minimum Gasteiger partial charge on any atom is -0.379 e. The highest BCUT2D eigenvalue weighted by Crippen LogP contribution is 2.25. The third kappa shape index (κ3) is 5.47. The fourth-order valence-corrected chi connectivity index (χ4v) is 4.40. The summed E-state index contributed by atoms with van der Waals surface area (Å²) in [5, 5.41) is 7.30. The number of nitrogens with zero attached hydrogens (tertiary/aromatic N) is 3. The fourth-order valence-electron chi connectivity index (χ4n) is 4.40. The summed E-state index contributed by atoms with van der Waals surface area (Å²) in [5.74, 6) is 0.564. The Balaban J connectivity index is 1.29. The molecule has 2 aliphatic heterocycles. The molecule has 3 aromatic rings. The maximum absolute atomic E-state index is 13.1. The topological polar surface area (TPSA) is 79.0 Å². The van der Waals surface area contributed by atoms with E-state index in [2.05, 4.69) is 32.6 Å². The molecule has 2 fully saturated rings. The van der Waals surface area contributed by atoms with Crippen LogP contribution < -0.4 is 15.5 Å². The molecule has 8 nitrogen and oxygen atoms in total. The first-order chi connectivity index (χ1) is 16.8. The molecule has 0 bridgehead atoms. The molecule has 1 aromatic heterocycles. The lowest BCUT2D eigenvalue weighted by Crippen LogP contribution is -2.41. The Morgan fingerprint density at radius 2 is 1.62 bits per heavy atom. The standard InChI is InChI=1S/C26H31N5O3/c32-26(27-9-10-30-11-15-33-16-12-30)23-19-25(29-24-4-2-1-3-22(23)24)28-20-5-7-21(8-6-20)31-13-17-34-18-14-31/h1-8,19H,9-18H2,(H,27,32)(H,28,29). The van der Waals surface area contributed by atoms with Gasteiger partial charge in [0.15, 0.2) is 0 Å². The molecule has 5 rings (SSSR count). The molecule has 0 radical (unpaired) electrons. The predicted octanol–water partition coefficient (Wildman–Crippen LogP) is 2.88. The quantitative estimate of drug-likeness (QED) is 0.560. The van der Waals surface area contributed by atoms with Gasteiger partial charge in [-0.3, -0.25) is 9.69 Å². The normalized spacial score (nSPS) is 17.0. The van der Waals surface area contributed by atoms with Gasteiger partial charge in [0.05, 0.1) is 37.5 Å². The third-order valence-corrected chi connectivity index (χ3v) is 6.29. The van der Waals surface area contributed by atoms with Crippen molar-refractivity contribution in [1.82, 2.24) is 15.2 Å². The van der Waals surface area contributed by atoms with E-state index in [0.717, 1.165) is 75.7 Å². The Labute approximate surface area is 199 Å². The number of anilines is 3. The molecule has 1 amide bonds. The Kier molecular flexibility index (Phi) is 7.19. The maximum atomic E-state index is 13.1. The SMILES string of the molecule is O=C(NCCN1CCOCC1)c1cc(Nc2ccc(N3CCOCC3)cc2)nc2ccccc12. The lowest BCUT2D eigenvalue weighted by molar-refractivity contribution is 0.0383. The van der Waals surface area contributed by atoms with E-state index in [1.165, 1.54) is 5.69 Å². The number of hydrogen-bond donors (Lipinski definition) is 2. The molecular formula is C26H31N5O3. The number of morpholine rings is 2. The van der Waals surface area contributed by atoms with Crippen molar-refractivity contribution in [2.24, 2.45) is 0 Å². The van der Waals surface area contributed by atoms with Crippen molar-refractivity contribution >= 4 is 34.0 Å². The van der Waals surface area contributed by atoms with Gasteiger partial charge in [0.25, 0.3) is 5.91 Å². The number of nitrogens with one attached hydrogen (secondary N) is 2. The summed E-state index contributed by atoms with van der Waals surface area (Å²) >= 11 is 0. The molecule has 0 aliphatic carbocycles. The number of para-hydroxylation sites is 1. The van der Waals surface area contributed by atoms with E-state index in [1.54, 1.807) is 0 Å². The van der Waals surface area contributed by atoms with E-state index in [0.29, 0.717) is 17.9 Å². The van der Waals surface area contributed by atoms with Crippen molar-refractivity contribution in [3.8, 4) is 0 Å². The zero-order valence-corrected chi connectivity index (χ0v) is 19.3. The third-order valence-electron chi connectivity index (χ3n) is 6.29. The highest BCUT2D eigenvalue weighted by atomic mass is 16.5. The summed E-state index contributed by atoms with van der Waals surface area (Å²) in [6.45, 7) is 8.08. The van der Waals surface area contributed by atoms with Crippen LogP contribution in [0.25, 0.3) is 10.9 Å². The first-order valence-corrected chi connectivity index (χ1v) is 11.9.